The maximum Gasteiger partial charge on any atom is 0.105 e. The van der Waals surface area contributed by atoms with Crippen LogP contribution in [0.4, 0.5) is 0 Å². The highest BCUT2D eigenvalue weighted by atomic mass is 16.3. The van der Waals surface area contributed by atoms with Crippen LogP contribution in [0.1, 0.15) is 45.4 Å². The van der Waals surface area contributed by atoms with E-state index in [4.69, 9.17) is 10.2 Å². The smallest absolute Gasteiger partial charge is 0.105 e. The van der Waals surface area contributed by atoms with E-state index in [9.17, 15) is 0 Å². The van der Waals surface area contributed by atoms with Crippen LogP contribution in [-0.4, -0.2) is 24.0 Å². The van der Waals surface area contributed by atoms with E-state index < -0.39 is 0 Å². The molecule has 0 aliphatic heterocycles. The van der Waals surface area contributed by atoms with Gasteiger partial charge in [-0.05, 0) is 31.9 Å². The summed E-state index contributed by atoms with van der Waals surface area (Å²) in [5, 5.41) is 0. The molecule has 1 aromatic heterocycles. The van der Waals surface area contributed by atoms with Crippen molar-refractivity contribution in [3.63, 3.8) is 0 Å². The van der Waals surface area contributed by atoms with E-state index >= 15 is 0 Å². The first kappa shape index (κ1) is 15.3. The summed E-state index contributed by atoms with van der Waals surface area (Å²) >= 11 is 0. The first-order valence-corrected chi connectivity index (χ1v) is 6.76. The van der Waals surface area contributed by atoms with Gasteiger partial charge in [-0.2, -0.15) is 0 Å². The van der Waals surface area contributed by atoms with E-state index in [1.54, 1.807) is 6.26 Å². The topological polar surface area (TPSA) is 42.4 Å². The minimum atomic E-state index is 0.168. The van der Waals surface area contributed by atoms with Gasteiger partial charge in [0.25, 0.3) is 0 Å². The molecule has 1 heterocycles. The lowest BCUT2D eigenvalue weighted by atomic mass is 9.80. The van der Waals surface area contributed by atoms with Crippen molar-refractivity contribution in [1.29, 1.82) is 0 Å². The molecule has 0 saturated carbocycles. The standard InChI is InChI=1S/C15H28N2O/c1-7-13(16)14(15(3,4)5)17(6)10-12-8-9-18-11(12)2/h8-9,13-14H,7,10,16H2,1-6H3. The predicted octanol–water partition coefficient (Wildman–Crippen LogP) is 3.17. The Kier molecular flexibility index (Phi) is 5.00. The van der Waals surface area contributed by atoms with Gasteiger partial charge in [0.1, 0.15) is 5.76 Å². The lowest BCUT2D eigenvalue weighted by Gasteiger charge is -2.41. The minimum Gasteiger partial charge on any atom is -0.469 e. The fraction of sp³-hybridized carbons (Fsp3) is 0.733. The first-order chi connectivity index (χ1) is 8.27. The number of nitrogens with zero attached hydrogens (tertiary/aromatic N) is 1. The Morgan fingerprint density at radius 3 is 2.39 bits per heavy atom. The van der Waals surface area contributed by atoms with Crippen LogP contribution in [0, 0.1) is 12.3 Å². The Morgan fingerprint density at radius 1 is 1.39 bits per heavy atom. The average molecular weight is 252 g/mol. The Bertz CT molecular complexity index is 365. The van der Waals surface area contributed by atoms with Gasteiger partial charge in [-0.15, -0.1) is 0 Å². The van der Waals surface area contributed by atoms with Crippen LogP contribution < -0.4 is 5.73 Å². The van der Waals surface area contributed by atoms with E-state index in [0.717, 1.165) is 18.7 Å². The second-order valence-corrected chi connectivity index (χ2v) is 6.30. The zero-order valence-corrected chi connectivity index (χ0v) is 12.7. The van der Waals surface area contributed by atoms with Crippen LogP contribution in [0.2, 0.25) is 0 Å². The lowest BCUT2D eigenvalue weighted by Crippen LogP contribution is -2.52. The van der Waals surface area contributed by atoms with Gasteiger partial charge in [0, 0.05) is 24.2 Å². The third kappa shape index (κ3) is 3.59. The molecule has 0 saturated heterocycles. The molecule has 2 unspecified atom stereocenters. The molecule has 0 bridgehead atoms. The van der Waals surface area contributed by atoms with Crippen LogP contribution in [0.15, 0.2) is 16.7 Å². The summed E-state index contributed by atoms with van der Waals surface area (Å²) in [6, 6.07) is 2.60. The minimum absolute atomic E-state index is 0.168. The molecule has 18 heavy (non-hydrogen) atoms. The van der Waals surface area contributed by atoms with Gasteiger partial charge < -0.3 is 10.2 Å². The van der Waals surface area contributed by atoms with Crippen LogP contribution in [0.5, 0.6) is 0 Å². The van der Waals surface area contributed by atoms with Crippen LogP contribution in [0.3, 0.4) is 0 Å². The summed E-state index contributed by atoms with van der Waals surface area (Å²) in [5.74, 6) is 1.000. The van der Waals surface area contributed by atoms with Crippen molar-refractivity contribution in [2.45, 2.75) is 59.7 Å². The molecule has 1 rings (SSSR count). The SMILES string of the molecule is CCC(N)C(N(C)Cc1ccoc1C)C(C)(C)C. The Balaban J connectivity index is 2.83. The van der Waals surface area contributed by atoms with Crippen LogP contribution in [0.25, 0.3) is 0 Å². The Hall–Kier alpha value is -0.800. The highest BCUT2D eigenvalue weighted by Crippen LogP contribution is 2.28. The summed E-state index contributed by atoms with van der Waals surface area (Å²) in [6.45, 7) is 11.8. The van der Waals surface area contributed by atoms with Gasteiger partial charge in [0.15, 0.2) is 0 Å². The second kappa shape index (κ2) is 5.89. The van der Waals surface area contributed by atoms with Crippen molar-refractivity contribution in [3.8, 4) is 0 Å². The molecule has 3 heteroatoms. The molecule has 0 aromatic carbocycles. The molecule has 0 aliphatic rings. The van der Waals surface area contributed by atoms with E-state index in [0.29, 0.717) is 6.04 Å². The number of aryl methyl sites for hydroxylation is 1. The van der Waals surface area contributed by atoms with Gasteiger partial charge in [-0.3, -0.25) is 4.90 Å². The van der Waals surface area contributed by atoms with Crippen molar-refractivity contribution in [1.82, 2.24) is 4.90 Å². The summed E-state index contributed by atoms with van der Waals surface area (Å²) < 4.78 is 5.36. The molecule has 0 radical (unpaired) electrons. The van der Waals surface area contributed by atoms with Crippen molar-refractivity contribution >= 4 is 0 Å². The van der Waals surface area contributed by atoms with Crippen LogP contribution in [-0.2, 0) is 6.54 Å². The zero-order valence-electron chi connectivity index (χ0n) is 12.7. The fourth-order valence-electron chi connectivity index (χ4n) is 2.80. The van der Waals surface area contributed by atoms with Gasteiger partial charge in [0.2, 0.25) is 0 Å². The van der Waals surface area contributed by atoms with Crippen molar-refractivity contribution < 1.29 is 4.42 Å². The molecule has 0 fully saturated rings. The predicted molar refractivity (Wildman–Crippen MR) is 76.4 cm³/mol. The highest BCUT2D eigenvalue weighted by Gasteiger charge is 2.32. The molecule has 0 spiro atoms. The summed E-state index contributed by atoms with van der Waals surface area (Å²) in [4.78, 5) is 2.35. The number of likely N-dealkylation sites (N-methyl/N-ethyl adjacent to an activating group) is 1. The summed E-state index contributed by atoms with van der Waals surface area (Å²) in [7, 11) is 2.15. The second-order valence-electron chi connectivity index (χ2n) is 6.30. The number of hydrogen-bond donors (Lipinski definition) is 1. The van der Waals surface area contributed by atoms with Gasteiger partial charge in [-0.25, -0.2) is 0 Å². The maximum atomic E-state index is 6.31. The number of furan rings is 1. The van der Waals surface area contributed by atoms with Crippen molar-refractivity contribution in [3.05, 3.63) is 23.7 Å². The van der Waals surface area contributed by atoms with Gasteiger partial charge in [-0.1, -0.05) is 27.7 Å². The monoisotopic (exact) mass is 252 g/mol. The molecule has 0 amide bonds. The molecular formula is C15H28N2O. The number of rotatable bonds is 5. The normalized spacial score (nSPS) is 16.0. The molecular weight excluding hydrogens is 224 g/mol. The third-order valence-electron chi connectivity index (χ3n) is 3.63. The quantitative estimate of drug-likeness (QED) is 0.875. The van der Waals surface area contributed by atoms with Crippen molar-refractivity contribution in [2.75, 3.05) is 7.05 Å². The third-order valence-corrected chi connectivity index (χ3v) is 3.63. The Morgan fingerprint density at radius 2 is 2.00 bits per heavy atom. The molecule has 104 valence electrons. The van der Waals surface area contributed by atoms with E-state index in [1.807, 2.05) is 13.0 Å². The first-order valence-electron chi connectivity index (χ1n) is 6.76. The molecule has 0 aliphatic carbocycles. The number of hydrogen-bond acceptors (Lipinski definition) is 3. The largest absolute Gasteiger partial charge is 0.469 e. The highest BCUT2D eigenvalue weighted by molar-refractivity contribution is 5.15. The molecule has 3 nitrogen and oxygen atoms in total. The Labute approximate surface area is 111 Å². The van der Waals surface area contributed by atoms with E-state index in [2.05, 4.69) is 39.6 Å². The van der Waals surface area contributed by atoms with Gasteiger partial charge in [0.05, 0.1) is 6.26 Å². The lowest BCUT2D eigenvalue weighted by molar-refractivity contribution is 0.0935. The average Bonchev–Trinajstić information content (AvgIpc) is 2.62. The van der Waals surface area contributed by atoms with Gasteiger partial charge >= 0.3 is 0 Å². The van der Waals surface area contributed by atoms with E-state index in [1.165, 1.54) is 5.56 Å². The maximum absolute atomic E-state index is 6.31. The zero-order chi connectivity index (χ0) is 13.9. The summed E-state index contributed by atoms with van der Waals surface area (Å²) in [5.41, 5.74) is 7.72. The van der Waals surface area contributed by atoms with E-state index in [-0.39, 0.29) is 11.5 Å². The molecule has 1 aromatic rings. The fourth-order valence-corrected chi connectivity index (χ4v) is 2.80. The van der Waals surface area contributed by atoms with Crippen molar-refractivity contribution in [2.24, 2.45) is 11.1 Å². The molecule has 2 atom stereocenters. The summed E-state index contributed by atoms with van der Waals surface area (Å²) in [6.07, 6.45) is 2.75. The van der Waals surface area contributed by atoms with Crippen LogP contribution >= 0.6 is 0 Å². The number of nitrogens with two attached hydrogens (primary N) is 1. The molecule has 2 N–H and O–H groups in total.